The predicted molar refractivity (Wildman–Crippen MR) is 81.5 cm³/mol. The van der Waals surface area contributed by atoms with Gasteiger partial charge in [0.05, 0.1) is 10.6 Å². The number of carbonyl (C=O) groups is 1. The maximum Gasteiger partial charge on any atom is 0.417 e. The smallest absolute Gasteiger partial charge is 0.367 e. The Hall–Kier alpha value is -2.28. The molecule has 0 atom stereocenters. The second-order valence-corrected chi connectivity index (χ2v) is 5.01. The van der Waals surface area contributed by atoms with E-state index >= 15 is 0 Å². The van der Waals surface area contributed by atoms with Crippen molar-refractivity contribution in [2.75, 3.05) is 18.4 Å². The summed E-state index contributed by atoms with van der Waals surface area (Å²) in [7, 11) is 0. The van der Waals surface area contributed by atoms with Gasteiger partial charge < -0.3 is 10.6 Å². The standard InChI is InChI=1S/C15H13ClF3N3O/c16-12-8-11(15(17,18)19)9-22-13(12)20-6-7-21-14(23)10-4-2-1-3-5-10/h1-5,8-9H,6-7H2,(H,20,22)(H,21,23). The van der Waals surface area contributed by atoms with Gasteiger partial charge in [-0.1, -0.05) is 29.8 Å². The second kappa shape index (κ2) is 7.32. The fraction of sp³-hybridized carbons (Fsp3) is 0.200. The van der Waals surface area contributed by atoms with Crippen molar-refractivity contribution < 1.29 is 18.0 Å². The number of alkyl halides is 3. The quantitative estimate of drug-likeness (QED) is 0.816. The minimum absolute atomic E-state index is 0.130. The lowest BCUT2D eigenvalue weighted by atomic mass is 10.2. The van der Waals surface area contributed by atoms with E-state index in [4.69, 9.17) is 11.6 Å². The highest BCUT2D eigenvalue weighted by Gasteiger charge is 2.31. The van der Waals surface area contributed by atoms with Gasteiger partial charge in [-0.15, -0.1) is 0 Å². The van der Waals surface area contributed by atoms with Crippen LogP contribution in [0.5, 0.6) is 0 Å². The minimum atomic E-state index is -4.49. The van der Waals surface area contributed by atoms with Gasteiger partial charge in [0.15, 0.2) is 0 Å². The number of benzene rings is 1. The third-order valence-electron chi connectivity index (χ3n) is 2.91. The molecule has 0 aliphatic rings. The van der Waals surface area contributed by atoms with Crippen molar-refractivity contribution in [1.29, 1.82) is 0 Å². The molecule has 8 heteroatoms. The monoisotopic (exact) mass is 343 g/mol. The van der Waals surface area contributed by atoms with Gasteiger partial charge in [0.2, 0.25) is 0 Å². The van der Waals surface area contributed by atoms with Gasteiger partial charge in [-0.25, -0.2) is 4.98 Å². The Morgan fingerprint density at radius 1 is 1.17 bits per heavy atom. The molecule has 1 aromatic carbocycles. The van der Waals surface area contributed by atoms with Crippen LogP contribution in [-0.4, -0.2) is 24.0 Å². The Balaban J connectivity index is 1.84. The third kappa shape index (κ3) is 4.85. The number of carbonyl (C=O) groups excluding carboxylic acids is 1. The summed E-state index contributed by atoms with van der Waals surface area (Å²) in [6.07, 6.45) is -3.78. The van der Waals surface area contributed by atoms with Gasteiger partial charge in [-0.05, 0) is 18.2 Å². The van der Waals surface area contributed by atoms with Crippen molar-refractivity contribution in [2.45, 2.75) is 6.18 Å². The summed E-state index contributed by atoms with van der Waals surface area (Å²) in [6, 6.07) is 9.46. The van der Waals surface area contributed by atoms with Crippen molar-refractivity contribution in [2.24, 2.45) is 0 Å². The van der Waals surface area contributed by atoms with Crippen LogP contribution in [0.1, 0.15) is 15.9 Å². The molecule has 2 N–H and O–H groups in total. The molecule has 4 nitrogen and oxygen atoms in total. The molecule has 0 unspecified atom stereocenters. The molecule has 122 valence electrons. The Bertz CT molecular complexity index is 677. The number of hydrogen-bond acceptors (Lipinski definition) is 3. The van der Waals surface area contributed by atoms with E-state index in [1.807, 2.05) is 0 Å². The minimum Gasteiger partial charge on any atom is -0.367 e. The van der Waals surface area contributed by atoms with Crippen LogP contribution in [-0.2, 0) is 6.18 Å². The number of halogens is 4. The highest BCUT2D eigenvalue weighted by Crippen LogP contribution is 2.32. The molecule has 23 heavy (non-hydrogen) atoms. The summed E-state index contributed by atoms with van der Waals surface area (Å²) in [4.78, 5) is 15.4. The van der Waals surface area contributed by atoms with Crippen molar-refractivity contribution in [3.63, 3.8) is 0 Å². The van der Waals surface area contributed by atoms with E-state index in [1.165, 1.54) is 0 Å². The van der Waals surface area contributed by atoms with E-state index < -0.39 is 11.7 Å². The molecule has 0 fully saturated rings. The molecule has 2 rings (SSSR count). The summed E-state index contributed by atoms with van der Waals surface area (Å²) >= 11 is 5.76. The van der Waals surface area contributed by atoms with E-state index in [0.29, 0.717) is 11.8 Å². The first-order chi connectivity index (χ1) is 10.9. The lowest BCUT2D eigenvalue weighted by molar-refractivity contribution is -0.137. The molecule has 0 spiro atoms. The summed E-state index contributed by atoms with van der Waals surface area (Å²) in [6.45, 7) is 0.545. The number of pyridine rings is 1. The largest absolute Gasteiger partial charge is 0.417 e. The van der Waals surface area contributed by atoms with Crippen molar-refractivity contribution in [1.82, 2.24) is 10.3 Å². The van der Waals surface area contributed by atoms with Crippen molar-refractivity contribution in [3.8, 4) is 0 Å². The van der Waals surface area contributed by atoms with E-state index in [0.717, 1.165) is 6.07 Å². The van der Waals surface area contributed by atoms with Crippen LogP contribution in [0.4, 0.5) is 19.0 Å². The van der Waals surface area contributed by atoms with E-state index in [9.17, 15) is 18.0 Å². The first-order valence-corrected chi connectivity index (χ1v) is 7.05. The maximum absolute atomic E-state index is 12.5. The van der Waals surface area contributed by atoms with Crippen LogP contribution >= 0.6 is 11.6 Å². The van der Waals surface area contributed by atoms with Crippen LogP contribution in [0.3, 0.4) is 0 Å². The van der Waals surface area contributed by atoms with Crippen LogP contribution in [0.2, 0.25) is 5.02 Å². The van der Waals surface area contributed by atoms with Crippen molar-refractivity contribution >= 4 is 23.3 Å². The third-order valence-corrected chi connectivity index (χ3v) is 3.20. The SMILES string of the molecule is O=C(NCCNc1ncc(C(F)(F)F)cc1Cl)c1ccccc1. The highest BCUT2D eigenvalue weighted by atomic mass is 35.5. The summed E-state index contributed by atoms with van der Waals surface area (Å²) in [5.41, 5.74) is -0.386. The summed E-state index contributed by atoms with van der Waals surface area (Å²) in [5, 5.41) is 5.31. The lowest BCUT2D eigenvalue weighted by Crippen LogP contribution is -2.28. The van der Waals surface area contributed by atoms with Gasteiger partial charge in [0.25, 0.3) is 5.91 Å². The zero-order chi connectivity index (χ0) is 16.9. The fourth-order valence-corrected chi connectivity index (χ4v) is 2.00. The predicted octanol–water partition coefficient (Wildman–Crippen LogP) is 3.60. The Morgan fingerprint density at radius 2 is 1.87 bits per heavy atom. The normalized spacial score (nSPS) is 11.1. The van der Waals surface area contributed by atoms with Gasteiger partial charge in [-0.2, -0.15) is 13.2 Å². The number of hydrogen-bond donors (Lipinski definition) is 2. The van der Waals surface area contributed by atoms with Crippen LogP contribution in [0.15, 0.2) is 42.6 Å². The molecule has 0 saturated heterocycles. The van der Waals surface area contributed by atoms with Gasteiger partial charge in [0.1, 0.15) is 5.82 Å². The average molecular weight is 344 g/mol. The molecule has 1 heterocycles. The average Bonchev–Trinajstić information content (AvgIpc) is 2.52. The molecular formula is C15H13ClF3N3O. The Morgan fingerprint density at radius 3 is 2.48 bits per heavy atom. The van der Waals surface area contributed by atoms with Crippen LogP contribution < -0.4 is 10.6 Å². The number of aromatic nitrogens is 1. The molecule has 0 bridgehead atoms. The number of amides is 1. The lowest BCUT2D eigenvalue weighted by Gasteiger charge is -2.11. The van der Waals surface area contributed by atoms with E-state index in [-0.39, 0.29) is 29.8 Å². The molecule has 1 amide bonds. The Labute approximate surface area is 135 Å². The molecule has 2 aromatic rings. The number of nitrogens with one attached hydrogen (secondary N) is 2. The second-order valence-electron chi connectivity index (χ2n) is 4.60. The molecule has 0 saturated carbocycles. The first kappa shape index (κ1) is 17.1. The first-order valence-electron chi connectivity index (χ1n) is 6.68. The maximum atomic E-state index is 12.5. The van der Waals surface area contributed by atoms with E-state index in [2.05, 4.69) is 15.6 Å². The molecule has 0 aliphatic carbocycles. The zero-order valence-electron chi connectivity index (χ0n) is 11.8. The fourth-order valence-electron chi connectivity index (χ4n) is 1.77. The Kier molecular flexibility index (Phi) is 5.44. The van der Waals surface area contributed by atoms with Crippen LogP contribution in [0, 0.1) is 0 Å². The van der Waals surface area contributed by atoms with E-state index in [1.54, 1.807) is 30.3 Å². The molecule has 0 aliphatic heterocycles. The van der Waals surface area contributed by atoms with Crippen molar-refractivity contribution in [3.05, 3.63) is 58.7 Å². The van der Waals surface area contributed by atoms with Crippen LogP contribution in [0.25, 0.3) is 0 Å². The zero-order valence-corrected chi connectivity index (χ0v) is 12.6. The summed E-state index contributed by atoms with van der Waals surface area (Å²) < 4.78 is 37.5. The number of nitrogens with zero attached hydrogens (tertiary/aromatic N) is 1. The topological polar surface area (TPSA) is 54.0 Å². The summed E-state index contributed by atoms with van der Waals surface area (Å²) in [5.74, 6) is -0.104. The van der Waals surface area contributed by atoms with Gasteiger partial charge >= 0.3 is 6.18 Å². The van der Waals surface area contributed by atoms with Gasteiger partial charge in [0, 0.05) is 24.8 Å². The molecule has 0 radical (unpaired) electrons. The molecular weight excluding hydrogens is 331 g/mol. The molecule has 1 aromatic heterocycles. The van der Waals surface area contributed by atoms with Gasteiger partial charge in [-0.3, -0.25) is 4.79 Å². The highest BCUT2D eigenvalue weighted by molar-refractivity contribution is 6.32. The number of rotatable bonds is 5. The number of anilines is 1.